The van der Waals surface area contributed by atoms with E-state index in [-0.39, 0.29) is 12.2 Å². The summed E-state index contributed by atoms with van der Waals surface area (Å²) in [6, 6.07) is 5.71. The third kappa shape index (κ3) is 3.95. The monoisotopic (exact) mass is 430 g/mol. The summed E-state index contributed by atoms with van der Waals surface area (Å²) in [7, 11) is 4.78. The maximum atomic E-state index is 5.85. The standard InChI is InChI=1S/C21H26N4O4S/c1-12-10-25(11-13(2)29-12)21-19-16(24-30-21)6-15(9-22-19)23-14-7-17(26-3)20(28-5)18(8-14)27-4/h6-9,12-13,23H,10-11H2,1-5H3/t12-,13+. The topological polar surface area (TPSA) is 78.0 Å². The van der Waals surface area contributed by atoms with Crippen LogP contribution in [0, 0.1) is 0 Å². The summed E-state index contributed by atoms with van der Waals surface area (Å²) in [6.07, 6.45) is 2.19. The predicted octanol–water partition coefficient (Wildman–Crippen LogP) is 4.07. The number of ether oxygens (including phenoxy) is 4. The minimum atomic E-state index is 0.187. The van der Waals surface area contributed by atoms with Gasteiger partial charge in [0.1, 0.15) is 16.0 Å². The number of nitrogens with zero attached hydrogens (tertiary/aromatic N) is 3. The van der Waals surface area contributed by atoms with Crippen LogP contribution in [0.5, 0.6) is 17.2 Å². The average Bonchev–Trinajstić information content (AvgIpc) is 3.15. The van der Waals surface area contributed by atoms with E-state index in [0.29, 0.717) is 17.2 Å². The molecule has 0 amide bonds. The molecule has 0 spiro atoms. The second-order valence-corrected chi connectivity index (χ2v) is 8.03. The number of fused-ring (bicyclic) bond motifs is 1. The lowest BCUT2D eigenvalue weighted by Gasteiger charge is -2.35. The Kier molecular flexibility index (Phi) is 5.83. The second kappa shape index (κ2) is 8.53. The Morgan fingerprint density at radius 1 is 1.00 bits per heavy atom. The Morgan fingerprint density at radius 2 is 1.67 bits per heavy atom. The van der Waals surface area contributed by atoms with E-state index >= 15 is 0 Å². The van der Waals surface area contributed by atoms with Crippen LogP contribution in [0.4, 0.5) is 16.4 Å². The molecule has 3 aromatic rings. The third-order valence-corrected chi connectivity index (χ3v) is 5.87. The molecular weight excluding hydrogens is 404 g/mol. The minimum Gasteiger partial charge on any atom is -0.493 e. The Morgan fingerprint density at radius 3 is 2.27 bits per heavy atom. The number of methoxy groups -OCH3 is 3. The molecule has 1 saturated heterocycles. The molecule has 2 atom stereocenters. The van der Waals surface area contributed by atoms with Crippen molar-refractivity contribution in [2.75, 3.05) is 44.6 Å². The van der Waals surface area contributed by atoms with Crippen LogP contribution in [0.2, 0.25) is 0 Å². The van der Waals surface area contributed by atoms with Crippen molar-refractivity contribution in [2.45, 2.75) is 26.1 Å². The zero-order valence-electron chi connectivity index (χ0n) is 17.8. The zero-order chi connectivity index (χ0) is 21.3. The first-order valence-electron chi connectivity index (χ1n) is 9.75. The Balaban J connectivity index is 1.61. The van der Waals surface area contributed by atoms with Gasteiger partial charge in [-0.15, -0.1) is 0 Å². The summed E-state index contributed by atoms with van der Waals surface area (Å²) < 4.78 is 26.7. The van der Waals surface area contributed by atoms with Crippen molar-refractivity contribution in [1.82, 2.24) is 9.36 Å². The van der Waals surface area contributed by atoms with Crippen LogP contribution >= 0.6 is 11.5 Å². The smallest absolute Gasteiger partial charge is 0.203 e. The molecule has 0 bridgehead atoms. The van der Waals surface area contributed by atoms with E-state index in [1.54, 1.807) is 21.3 Å². The summed E-state index contributed by atoms with van der Waals surface area (Å²) >= 11 is 1.48. The number of morpholine rings is 1. The number of anilines is 3. The van der Waals surface area contributed by atoms with E-state index in [4.69, 9.17) is 23.9 Å². The van der Waals surface area contributed by atoms with Crippen molar-refractivity contribution in [1.29, 1.82) is 0 Å². The predicted molar refractivity (Wildman–Crippen MR) is 119 cm³/mol. The van der Waals surface area contributed by atoms with E-state index < -0.39 is 0 Å². The number of pyridine rings is 1. The molecule has 30 heavy (non-hydrogen) atoms. The minimum absolute atomic E-state index is 0.187. The summed E-state index contributed by atoms with van der Waals surface area (Å²) in [4.78, 5) is 7.01. The maximum Gasteiger partial charge on any atom is 0.203 e. The van der Waals surface area contributed by atoms with Crippen molar-refractivity contribution in [3.05, 3.63) is 24.4 Å². The van der Waals surface area contributed by atoms with Crippen molar-refractivity contribution in [3.8, 4) is 17.2 Å². The molecule has 0 radical (unpaired) electrons. The molecule has 160 valence electrons. The number of nitrogens with one attached hydrogen (secondary N) is 1. The van der Waals surface area contributed by atoms with Crippen LogP contribution in [0.1, 0.15) is 13.8 Å². The number of hydrogen-bond donors (Lipinski definition) is 1. The van der Waals surface area contributed by atoms with E-state index in [1.807, 2.05) is 24.4 Å². The third-order valence-electron chi connectivity index (χ3n) is 4.96. The summed E-state index contributed by atoms with van der Waals surface area (Å²) in [5.41, 5.74) is 3.41. The number of benzene rings is 1. The average molecular weight is 431 g/mol. The van der Waals surface area contributed by atoms with Crippen molar-refractivity contribution >= 4 is 38.9 Å². The molecule has 1 fully saturated rings. The van der Waals surface area contributed by atoms with Gasteiger partial charge >= 0.3 is 0 Å². The van der Waals surface area contributed by atoms with Gasteiger partial charge in [-0.25, -0.2) is 4.98 Å². The van der Waals surface area contributed by atoms with E-state index in [0.717, 1.165) is 40.5 Å². The number of rotatable bonds is 6. The zero-order valence-corrected chi connectivity index (χ0v) is 18.6. The molecule has 4 rings (SSSR count). The molecule has 0 unspecified atom stereocenters. The Labute approximate surface area is 179 Å². The van der Waals surface area contributed by atoms with Crippen LogP contribution in [-0.4, -0.2) is 56.0 Å². The van der Waals surface area contributed by atoms with Gasteiger partial charge in [0, 0.05) is 30.9 Å². The number of aromatic nitrogens is 2. The summed E-state index contributed by atoms with van der Waals surface area (Å²) in [5, 5.41) is 4.44. The first kappa shape index (κ1) is 20.5. The molecule has 1 aliphatic rings. The molecule has 8 nitrogen and oxygen atoms in total. The van der Waals surface area contributed by atoms with Crippen LogP contribution in [0.15, 0.2) is 24.4 Å². The fourth-order valence-corrected chi connectivity index (χ4v) is 4.59. The molecule has 1 aliphatic heterocycles. The van der Waals surface area contributed by atoms with Crippen LogP contribution < -0.4 is 24.4 Å². The molecule has 1 aromatic carbocycles. The van der Waals surface area contributed by atoms with Crippen molar-refractivity contribution in [3.63, 3.8) is 0 Å². The highest BCUT2D eigenvalue weighted by molar-refractivity contribution is 7.11. The summed E-state index contributed by atoms with van der Waals surface area (Å²) in [5.74, 6) is 1.72. The van der Waals surface area contributed by atoms with Gasteiger partial charge < -0.3 is 29.2 Å². The summed E-state index contributed by atoms with van der Waals surface area (Å²) in [6.45, 7) is 5.88. The van der Waals surface area contributed by atoms with Gasteiger partial charge in [0.2, 0.25) is 5.75 Å². The fraction of sp³-hybridized carbons (Fsp3) is 0.429. The fourth-order valence-electron chi connectivity index (χ4n) is 3.76. The molecule has 9 heteroatoms. The van der Waals surface area contributed by atoms with Gasteiger partial charge in [-0.05, 0) is 31.4 Å². The van der Waals surface area contributed by atoms with Gasteiger partial charge in [0.25, 0.3) is 0 Å². The van der Waals surface area contributed by atoms with Crippen LogP contribution in [0.3, 0.4) is 0 Å². The van der Waals surface area contributed by atoms with Crippen molar-refractivity contribution < 1.29 is 18.9 Å². The lowest BCUT2D eigenvalue weighted by molar-refractivity contribution is -0.00494. The molecule has 0 saturated carbocycles. The molecule has 3 heterocycles. The quantitative estimate of drug-likeness (QED) is 0.627. The first-order valence-corrected chi connectivity index (χ1v) is 10.5. The lowest BCUT2D eigenvalue weighted by Crippen LogP contribution is -2.45. The van der Waals surface area contributed by atoms with Gasteiger partial charge in [0.05, 0.1) is 45.4 Å². The highest BCUT2D eigenvalue weighted by Crippen LogP contribution is 2.41. The Bertz CT molecular complexity index is 1010. The first-order chi connectivity index (χ1) is 14.5. The van der Waals surface area contributed by atoms with E-state index in [9.17, 15) is 0 Å². The highest BCUT2D eigenvalue weighted by atomic mass is 32.1. The maximum absolute atomic E-state index is 5.85. The van der Waals surface area contributed by atoms with Crippen molar-refractivity contribution in [2.24, 2.45) is 0 Å². The Hall–Kier alpha value is -2.78. The van der Waals surface area contributed by atoms with Crippen LogP contribution in [-0.2, 0) is 4.74 Å². The largest absolute Gasteiger partial charge is 0.493 e. The van der Waals surface area contributed by atoms with Gasteiger partial charge in [-0.1, -0.05) is 0 Å². The normalized spacial score (nSPS) is 19.0. The second-order valence-electron chi connectivity index (χ2n) is 7.28. The van der Waals surface area contributed by atoms with E-state index in [2.05, 4.69) is 28.4 Å². The van der Waals surface area contributed by atoms with Gasteiger partial charge in [-0.3, -0.25) is 0 Å². The molecule has 1 N–H and O–H groups in total. The molecule has 2 aromatic heterocycles. The van der Waals surface area contributed by atoms with E-state index in [1.165, 1.54) is 11.5 Å². The van der Waals surface area contributed by atoms with Crippen LogP contribution in [0.25, 0.3) is 11.0 Å². The highest BCUT2D eigenvalue weighted by Gasteiger charge is 2.25. The van der Waals surface area contributed by atoms with Gasteiger partial charge in [0.15, 0.2) is 11.5 Å². The molecule has 0 aliphatic carbocycles. The SMILES string of the molecule is COc1cc(Nc2cnc3c(N4C[C@@H](C)O[C@@H](C)C4)snc3c2)cc(OC)c1OC. The number of hydrogen-bond acceptors (Lipinski definition) is 9. The lowest BCUT2D eigenvalue weighted by atomic mass is 10.2. The van der Waals surface area contributed by atoms with Gasteiger partial charge in [-0.2, -0.15) is 4.37 Å². The molecular formula is C21H26N4O4S.